The van der Waals surface area contributed by atoms with E-state index < -0.39 is 0 Å². The maximum Gasteiger partial charge on any atom is 0.181 e. The highest BCUT2D eigenvalue weighted by molar-refractivity contribution is 5.30. The zero-order valence-corrected chi connectivity index (χ0v) is 9.73. The van der Waals surface area contributed by atoms with Gasteiger partial charge >= 0.3 is 0 Å². The summed E-state index contributed by atoms with van der Waals surface area (Å²) in [6.45, 7) is 3.91. The third kappa shape index (κ3) is 1.90. The van der Waals surface area contributed by atoms with Crippen molar-refractivity contribution in [1.82, 2.24) is 5.06 Å². The SMILES string of the molecule is C#CC(C)(C)N1OC1c1ccc(OC)cc1. The van der Waals surface area contributed by atoms with Crippen molar-refractivity contribution in [1.29, 1.82) is 0 Å². The number of hydroxylamine groups is 2. The second-order valence-corrected chi connectivity index (χ2v) is 4.26. The van der Waals surface area contributed by atoms with Crippen LogP contribution in [0.1, 0.15) is 25.6 Å². The molecule has 0 N–H and O–H groups in total. The molecular weight excluding hydrogens is 202 g/mol. The molecule has 16 heavy (non-hydrogen) atoms. The number of nitrogens with zero attached hydrogens (tertiary/aromatic N) is 1. The van der Waals surface area contributed by atoms with Gasteiger partial charge in [-0.15, -0.1) is 11.5 Å². The Hall–Kier alpha value is -1.50. The monoisotopic (exact) mass is 217 g/mol. The number of ether oxygens (including phenoxy) is 1. The molecule has 2 unspecified atom stereocenters. The van der Waals surface area contributed by atoms with Gasteiger partial charge in [0.2, 0.25) is 0 Å². The lowest BCUT2D eigenvalue weighted by Crippen LogP contribution is -2.28. The van der Waals surface area contributed by atoms with E-state index in [1.807, 2.05) is 43.2 Å². The van der Waals surface area contributed by atoms with Gasteiger partial charge in [0.15, 0.2) is 6.23 Å². The second kappa shape index (κ2) is 3.82. The van der Waals surface area contributed by atoms with E-state index in [2.05, 4.69) is 5.92 Å². The summed E-state index contributed by atoms with van der Waals surface area (Å²) in [5.74, 6) is 3.54. The molecule has 1 heterocycles. The Kier molecular flexibility index (Phi) is 2.63. The van der Waals surface area contributed by atoms with Crippen LogP contribution in [0.4, 0.5) is 0 Å². The topological polar surface area (TPSA) is 24.8 Å². The summed E-state index contributed by atoms with van der Waals surface area (Å²) in [6.07, 6.45) is 5.41. The van der Waals surface area contributed by atoms with Gasteiger partial charge in [0.05, 0.1) is 7.11 Å². The smallest absolute Gasteiger partial charge is 0.181 e. The number of hydrogen-bond donors (Lipinski definition) is 0. The van der Waals surface area contributed by atoms with Gasteiger partial charge in [0.1, 0.15) is 11.3 Å². The highest BCUT2D eigenvalue weighted by Crippen LogP contribution is 2.43. The van der Waals surface area contributed by atoms with E-state index in [9.17, 15) is 0 Å². The van der Waals surface area contributed by atoms with Crippen LogP contribution in [0.5, 0.6) is 5.75 Å². The Bertz CT molecular complexity index is 417. The molecular formula is C13H15NO2. The van der Waals surface area contributed by atoms with Crippen LogP contribution in [0.15, 0.2) is 24.3 Å². The van der Waals surface area contributed by atoms with Crippen molar-refractivity contribution >= 4 is 0 Å². The molecule has 0 aromatic heterocycles. The molecule has 1 aliphatic rings. The average molecular weight is 217 g/mol. The molecule has 2 atom stereocenters. The summed E-state index contributed by atoms with van der Waals surface area (Å²) in [6, 6.07) is 7.79. The first kappa shape index (κ1) is 11.0. The van der Waals surface area contributed by atoms with E-state index >= 15 is 0 Å². The predicted octanol–water partition coefficient (Wildman–Crippen LogP) is 2.35. The van der Waals surface area contributed by atoms with Crippen molar-refractivity contribution in [3.63, 3.8) is 0 Å². The first-order valence-electron chi connectivity index (χ1n) is 5.16. The third-order valence-electron chi connectivity index (χ3n) is 2.69. The Morgan fingerprint density at radius 3 is 2.50 bits per heavy atom. The number of methoxy groups -OCH3 is 1. The lowest BCUT2D eigenvalue weighted by Gasteiger charge is -2.15. The van der Waals surface area contributed by atoms with Gasteiger partial charge in [-0.2, -0.15) is 0 Å². The Balaban J connectivity index is 2.09. The van der Waals surface area contributed by atoms with E-state index in [4.69, 9.17) is 16.0 Å². The van der Waals surface area contributed by atoms with E-state index in [0.29, 0.717) is 0 Å². The maximum atomic E-state index is 5.48. The molecule has 84 valence electrons. The molecule has 2 rings (SSSR count). The molecule has 0 spiro atoms. The molecule has 1 saturated heterocycles. The fourth-order valence-corrected chi connectivity index (χ4v) is 1.53. The quantitative estimate of drug-likeness (QED) is 0.574. The molecule has 1 aromatic carbocycles. The van der Waals surface area contributed by atoms with Crippen LogP contribution in [0.3, 0.4) is 0 Å². The molecule has 0 aliphatic carbocycles. The van der Waals surface area contributed by atoms with Gasteiger partial charge < -0.3 is 4.74 Å². The zero-order chi connectivity index (χ0) is 11.8. The van der Waals surface area contributed by atoms with Crippen LogP contribution in [-0.2, 0) is 4.84 Å². The average Bonchev–Trinajstić information content (AvgIpc) is 3.10. The van der Waals surface area contributed by atoms with E-state index in [0.717, 1.165) is 11.3 Å². The summed E-state index contributed by atoms with van der Waals surface area (Å²) in [5.41, 5.74) is 0.717. The van der Waals surface area contributed by atoms with Crippen LogP contribution in [-0.4, -0.2) is 17.7 Å². The van der Waals surface area contributed by atoms with Crippen LogP contribution in [0, 0.1) is 12.3 Å². The Labute approximate surface area is 95.9 Å². The molecule has 1 aromatic rings. The largest absolute Gasteiger partial charge is 0.497 e. The fourth-order valence-electron chi connectivity index (χ4n) is 1.53. The van der Waals surface area contributed by atoms with E-state index in [-0.39, 0.29) is 11.8 Å². The minimum atomic E-state index is -0.370. The van der Waals surface area contributed by atoms with Crippen molar-refractivity contribution < 1.29 is 9.57 Å². The van der Waals surface area contributed by atoms with Gasteiger partial charge in [-0.05, 0) is 31.5 Å². The van der Waals surface area contributed by atoms with Crippen molar-refractivity contribution in [2.75, 3.05) is 7.11 Å². The first-order chi connectivity index (χ1) is 7.58. The van der Waals surface area contributed by atoms with Crippen LogP contribution in [0.25, 0.3) is 0 Å². The minimum Gasteiger partial charge on any atom is -0.497 e. The summed E-state index contributed by atoms with van der Waals surface area (Å²) < 4.78 is 5.10. The highest BCUT2D eigenvalue weighted by Gasteiger charge is 2.47. The number of benzene rings is 1. The lowest BCUT2D eigenvalue weighted by molar-refractivity contribution is 0.126. The second-order valence-electron chi connectivity index (χ2n) is 4.26. The number of rotatable bonds is 3. The molecule has 3 heteroatoms. The van der Waals surface area contributed by atoms with Gasteiger partial charge in [-0.1, -0.05) is 18.1 Å². The molecule has 0 saturated carbocycles. The van der Waals surface area contributed by atoms with Crippen LogP contribution in [0.2, 0.25) is 0 Å². The van der Waals surface area contributed by atoms with Crippen molar-refractivity contribution in [2.45, 2.75) is 25.6 Å². The number of hydrogen-bond acceptors (Lipinski definition) is 3. The number of terminal acetylenes is 1. The first-order valence-corrected chi connectivity index (χ1v) is 5.16. The van der Waals surface area contributed by atoms with Gasteiger partial charge in [-0.3, -0.25) is 4.84 Å². The summed E-state index contributed by atoms with van der Waals surface area (Å²) >= 11 is 0. The standard InChI is InChI=1S/C13H15NO2/c1-5-13(2,3)14-12(16-14)10-6-8-11(15-4)9-7-10/h1,6-9,12H,2-4H3. The van der Waals surface area contributed by atoms with Gasteiger partial charge in [0, 0.05) is 0 Å². The van der Waals surface area contributed by atoms with Gasteiger partial charge in [0.25, 0.3) is 0 Å². The third-order valence-corrected chi connectivity index (χ3v) is 2.69. The van der Waals surface area contributed by atoms with E-state index in [1.165, 1.54) is 0 Å². The summed E-state index contributed by atoms with van der Waals surface area (Å²) in [5, 5.41) is 1.81. The Morgan fingerprint density at radius 2 is 2.00 bits per heavy atom. The van der Waals surface area contributed by atoms with Crippen molar-refractivity contribution in [3.05, 3.63) is 29.8 Å². The normalized spacial score (nSPS) is 23.6. The zero-order valence-electron chi connectivity index (χ0n) is 9.73. The van der Waals surface area contributed by atoms with Crippen LogP contribution >= 0.6 is 0 Å². The molecule has 0 bridgehead atoms. The maximum absolute atomic E-state index is 5.48. The van der Waals surface area contributed by atoms with Crippen LogP contribution < -0.4 is 4.74 Å². The Morgan fingerprint density at radius 1 is 1.38 bits per heavy atom. The fraction of sp³-hybridized carbons (Fsp3) is 0.385. The summed E-state index contributed by atoms with van der Waals surface area (Å²) in [7, 11) is 1.65. The van der Waals surface area contributed by atoms with E-state index in [1.54, 1.807) is 7.11 Å². The molecule has 0 amide bonds. The molecule has 0 radical (unpaired) electrons. The minimum absolute atomic E-state index is 0.0306. The highest BCUT2D eigenvalue weighted by atomic mass is 16.8. The van der Waals surface area contributed by atoms with Gasteiger partial charge in [-0.25, -0.2) is 0 Å². The van der Waals surface area contributed by atoms with Crippen molar-refractivity contribution in [3.8, 4) is 18.1 Å². The molecule has 1 fully saturated rings. The lowest BCUT2D eigenvalue weighted by atomic mass is 10.1. The molecule has 3 nitrogen and oxygen atoms in total. The summed E-state index contributed by atoms with van der Waals surface area (Å²) in [4.78, 5) is 5.48. The molecule has 1 aliphatic heterocycles. The predicted molar refractivity (Wildman–Crippen MR) is 61.6 cm³/mol. The van der Waals surface area contributed by atoms with Crippen molar-refractivity contribution in [2.24, 2.45) is 0 Å².